The minimum Gasteiger partial charge on any atom is -0.465 e. The monoisotopic (exact) mass is 226 g/mol. The number of esters is 1. The first-order valence-corrected chi connectivity index (χ1v) is 4.51. The summed E-state index contributed by atoms with van der Waals surface area (Å²) in [6, 6.07) is 0. The van der Waals surface area contributed by atoms with Gasteiger partial charge in [-0.1, -0.05) is 11.6 Å². The predicted molar refractivity (Wildman–Crippen MR) is 52.9 cm³/mol. The number of nitrogens with zero attached hydrogens (tertiary/aromatic N) is 2. The van der Waals surface area contributed by atoms with E-state index < -0.39 is 5.97 Å². The zero-order valence-electron chi connectivity index (χ0n) is 8.07. The topological polar surface area (TPSA) is 65.2 Å². The number of ether oxygens (including phenoxy) is 1. The van der Waals surface area contributed by atoms with Crippen LogP contribution in [0.1, 0.15) is 16.1 Å². The molecule has 0 atom stereocenters. The fraction of sp³-hybridized carbons (Fsp3) is 0.222. The molecular weight excluding hydrogens is 220 g/mol. The molecule has 5 nitrogen and oxygen atoms in total. The van der Waals surface area contributed by atoms with Crippen molar-refractivity contribution in [2.24, 2.45) is 0 Å². The Morgan fingerprint density at radius 3 is 2.93 bits per heavy atom. The summed E-state index contributed by atoms with van der Waals surface area (Å²) < 4.78 is 9.89. The Hall–Kier alpha value is -1.62. The van der Waals surface area contributed by atoms with E-state index in [4.69, 9.17) is 16.0 Å². The number of rotatable bonds is 1. The number of hydrogen-bond acceptors (Lipinski definition) is 5. The van der Waals surface area contributed by atoms with Crippen molar-refractivity contribution in [1.29, 1.82) is 0 Å². The van der Waals surface area contributed by atoms with Gasteiger partial charge in [-0.3, -0.25) is 0 Å². The minimum atomic E-state index is -0.511. The van der Waals surface area contributed by atoms with Crippen LogP contribution in [-0.4, -0.2) is 23.0 Å². The second-order valence-corrected chi connectivity index (χ2v) is 3.23. The molecule has 78 valence electrons. The highest BCUT2D eigenvalue weighted by Crippen LogP contribution is 2.28. The van der Waals surface area contributed by atoms with Crippen LogP contribution < -0.4 is 0 Å². The molecule has 0 N–H and O–H groups in total. The lowest BCUT2D eigenvalue weighted by Crippen LogP contribution is -2.02. The number of aromatic nitrogens is 2. The van der Waals surface area contributed by atoms with Gasteiger partial charge in [0.2, 0.25) is 5.71 Å². The summed E-state index contributed by atoms with van der Waals surface area (Å²) in [5.41, 5.74) is 0.561. The lowest BCUT2D eigenvalue weighted by Gasteiger charge is -1.97. The van der Waals surface area contributed by atoms with Crippen molar-refractivity contribution in [3.8, 4) is 0 Å². The van der Waals surface area contributed by atoms with Crippen molar-refractivity contribution in [2.75, 3.05) is 7.11 Å². The summed E-state index contributed by atoms with van der Waals surface area (Å²) in [6.45, 7) is 1.64. The van der Waals surface area contributed by atoms with Crippen molar-refractivity contribution >= 4 is 28.7 Å². The van der Waals surface area contributed by atoms with Crippen molar-refractivity contribution in [3.05, 3.63) is 22.8 Å². The van der Waals surface area contributed by atoms with Crippen LogP contribution in [0.2, 0.25) is 5.15 Å². The second-order valence-electron chi connectivity index (χ2n) is 2.87. The fourth-order valence-corrected chi connectivity index (χ4v) is 1.58. The van der Waals surface area contributed by atoms with Gasteiger partial charge >= 0.3 is 5.97 Å². The Morgan fingerprint density at radius 1 is 1.53 bits per heavy atom. The van der Waals surface area contributed by atoms with E-state index in [2.05, 4.69) is 14.7 Å². The van der Waals surface area contributed by atoms with E-state index in [1.807, 2.05) is 0 Å². The molecule has 0 aliphatic carbocycles. The van der Waals surface area contributed by atoms with Crippen LogP contribution >= 0.6 is 11.6 Å². The van der Waals surface area contributed by atoms with E-state index in [1.165, 1.54) is 13.4 Å². The molecule has 0 saturated carbocycles. The van der Waals surface area contributed by atoms with Crippen LogP contribution in [0.3, 0.4) is 0 Å². The Morgan fingerprint density at radius 2 is 2.27 bits per heavy atom. The van der Waals surface area contributed by atoms with Gasteiger partial charge in [0.1, 0.15) is 22.8 Å². The third-order valence-corrected chi connectivity index (χ3v) is 2.29. The number of carbonyl (C=O) groups is 1. The molecule has 0 saturated heterocycles. The Bertz CT molecular complexity index is 535. The highest BCUT2D eigenvalue weighted by Gasteiger charge is 2.22. The highest BCUT2D eigenvalue weighted by molar-refractivity contribution is 6.35. The molecule has 0 spiro atoms. The van der Waals surface area contributed by atoms with Gasteiger partial charge in [0.25, 0.3) is 0 Å². The van der Waals surface area contributed by atoms with Gasteiger partial charge in [-0.05, 0) is 6.92 Å². The van der Waals surface area contributed by atoms with Crippen LogP contribution in [0.4, 0.5) is 0 Å². The van der Waals surface area contributed by atoms with Gasteiger partial charge in [-0.2, -0.15) is 0 Å². The van der Waals surface area contributed by atoms with E-state index in [9.17, 15) is 4.79 Å². The minimum absolute atomic E-state index is 0.178. The summed E-state index contributed by atoms with van der Waals surface area (Å²) in [5.74, 6) is -0.0952. The van der Waals surface area contributed by atoms with Crippen LogP contribution in [0.25, 0.3) is 11.1 Å². The van der Waals surface area contributed by atoms with Gasteiger partial charge in [0, 0.05) is 0 Å². The van der Waals surface area contributed by atoms with Crippen molar-refractivity contribution in [1.82, 2.24) is 9.97 Å². The maximum absolute atomic E-state index is 11.5. The van der Waals surface area contributed by atoms with Crippen molar-refractivity contribution in [3.63, 3.8) is 0 Å². The van der Waals surface area contributed by atoms with Crippen LogP contribution in [0.5, 0.6) is 0 Å². The van der Waals surface area contributed by atoms with E-state index in [0.717, 1.165) is 0 Å². The Kier molecular flexibility index (Phi) is 2.32. The molecule has 2 aromatic heterocycles. The predicted octanol–water partition coefficient (Wildman–Crippen LogP) is 1.97. The molecule has 0 bridgehead atoms. The number of fused-ring (bicyclic) bond motifs is 1. The molecule has 15 heavy (non-hydrogen) atoms. The number of hydrogen-bond donors (Lipinski definition) is 0. The summed E-state index contributed by atoms with van der Waals surface area (Å²) in [7, 11) is 1.29. The summed E-state index contributed by atoms with van der Waals surface area (Å²) in [6.07, 6.45) is 1.27. The van der Waals surface area contributed by atoms with E-state index in [0.29, 0.717) is 11.1 Å². The Labute approximate surface area is 90.0 Å². The van der Waals surface area contributed by atoms with Gasteiger partial charge in [-0.15, -0.1) is 0 Å². The van der Waals surface area contributed by atoms with E-state index >= 15 is 0 Å². The number of aryl methyl sites for hydroxylation is 1. The zero-order valence-corrected chi connectivity index (χ0v) is 8.83. The lowest BCUT2D eigenvalue weighted by molar-refractivity contribution is 0.0600. The summed E-state index contributed by atoms with van der Waals surface area (Å²) in [5, 5.41) is 0.570. The first-order chi connectivity index (χ1) is 7.15. The molecule has 0 radical (unpaired) electrons. The molecule has 6 heteroatoms. The standard InChI is InChI=1S/C9H7ClN2O3/c1-4-5(9(13)14-2)6-7(10)11-3-12-8(6)15-4/h3H,1-2H3. The van der Waals surface area contributed by atoms with E-state index in [1.54, 1.807) is 6.92 Å². The lowest BCUT2D eigenvalue weighted by atomic mass is 10.2. The van der Waals surface area contributed by atoms with Crippen molar-refractivity contribution in [2.45, 2.75) is 6.92 Å². The molecular formula is C9H7ClN2O3. The average molecular weight is 227 g/mol. The second kappa shape index (κ2) is 3.51. The molecule has 2 rings (SSSR count). The SMILES string of the molecule is COC(=O)c1c(C)oc2ncnc(Cl)c12. The van der Waals surface area contributed by atoms with Crippen LogP contribution in [0.15, 0.2) is 10.7 Å². The van der Waals surface area contributed by atoms with Crippen LogP contribution in [-0.2, 0) is 4.74 Å². The van der Waals surface area contributed by atoms with Gasteiger partial charge in [0.15, 0.2) is 0 Å². The quantitative estimate of drug-likeness (QED) is 0.549. The smallest absolute Gasteiger partial charge is 0.342 e. The van der Waals surface area contributed by atoms with E-state index in [-0.39, 0.29) is 16.4 Å². The number of carbonyl (C=O) groups excluding carboxylic acids is 1. The summed E-state index contributed by atoms with van der Waals surface area (Å²) in [4.78, 5) is 19.1. The first kappa shape index (κ1) is 9.92. The molecule has 0 unspecified atom stereocenters. The maximum Gasteiger partial charge on any atom is 0.342 e. The third kappa shape index (κ3) is 1.45. The largest absolute Gasteiger partial charge is 0.465 e. The highest BCUT2D eigenvalue weighted by atomic mass is 35.5. The van der Waals surface area contributed by atoms with Crippen molar-refractivity contribution < 1.29 is 13.9 Å². The first-order valence-electron chi connectivity index (χ1n) is 4.13. The van der Waals surface area contributed by atoms with Crippen LogP contribution in [0, 0.1) is 6.92 Å². The number of halogens is 1. The maximum atomic E-state index is 11.5. The molecule has 2 aromatic rings. The fourth-order valence-electron chi connectivity index (χ4n) is 1.36. The molecule has 0 fully saturated rings. The third-order valence-electron chi connectivity index (χ3n) is 2.01. The van der Waals surface area contributed by atoms with Gasteiger partial charge in [-0.25, -0.2) is 14.8 Å². The molecule has 0 amide bonds. The normalized spacial score (nSPS) is 10.6. The molecule has 0 aromatic carbocycles. The molecule has 0 aliphatic heterocycles. The number of furan rings is 1. The zero-order chi connectivity index (χ0) is 11.0. The number of methoxy groups -OCH3 is 1. The summed E-state index contributed by atoms with van der Waals surface area (Å²) >= 11 is 5.86. The van der Waals surface area contributed by atoms with Gasteiger partial charge < -0.3 is 9.15 Å². The molecule has 0 aliphatic rings. The Balaban J connectivity index is 2.82. The molecule has 2 heterocycles. The average Bonchev–Trinajstić information content (AvgIpc) is 2.55. The van der Waals surface area contributed by atoms with Gasteiger partial charge in [0.05, 0.1) is 12.5 Å².